The number of rotatable bonds is 2. The van der Waals surface area contributed by atoms with Gasteiger partial charge in [-0.2, -0.15) is 0 Å². The SMILES string of the molecule is CC(C)(O)c1nc(-c2ccc(Br)cc2)cs1. The van der Waals surface area contributed by atoms with Crippen LogP contribution in [0, 0.1) is 0 Å². The number of hydrogen-bond donors (Lipinski definition) is 1. The van der Waals surface area contributed by atoms with Gasteiger partial charge in [0.15, 0.2) is 0 Å². The van der Waals surface area contributed by atoms with Gasteiger partial charge in [0.25, 0.3) is 0 Å². The smallest absolute Gasteiger partial charge is 0.124 e. The number of thiazole rings is 1. The van der Waals surface area contributed by atoms with E-state index in [9.17, 15) is 5.11 Å². The lowest BCUT2D eigenvalue weighted by atomic mass is 10.1. The molecule has 1 N–H and O–H groups in total. The van der Waals surface area contributed by atoms with Crippen molar-refractivity contribution in [1.82, 2.24) is 4.98 Å². The highest BCUT2D eigenvalue weighted by molar-refractivity contribution is 9.10. The van der Waals surface area contributed by atoms with E-state index < -0.39 is 5.60 Å². The average Bonchev–Trinajstić information content (AvgIpc) is 2.67. The molecule has 4 heteroatoms. The molecule has 0 unspecified atom stereocenters. The Morgan fingerprint density at radius 1 is 1.25 bits per heavy atom. The molecule has 16 heavy (non-hydrogen) atoms. The maximum Gasteiger partial charge on any atom is 0.124 e. The van der Waals surface area contributed by atoms with Gasteiger partial charge in [0.05, 0.1) is 5.69 Å². The van der Waals surface area contributed by atoms with E-state index in [1.165, 1.54) is 11.3 Å². The van der Waals surface area contributed by atoms with E-state index in [0.717, 1.165) is 20.7 Å². The highest BCUT2D eigenvalue weighted by Gasteiger charge is 2.20. The summed E-state index contributed by atoms with van der Waals surface area (Å²) in [6.07, 6.45) is 0. The summed E-state index contributed by atoms with van der Waals surface area (Å²) >= 11 is 4.88. The van der Waals surface area contributed by atoms with Gasteiger partial charge in [-0.3, -0.25) is 0 Å². The fourth-order valence-corrected chi connectivity index (χ4v) is 2.42. The molecule has 0 saturated carbocycles. The van der Waals surface area contributed by atoms with E-state index in [4.69, 9.17) is 0 Å². The van der Waals surface area contributed by atoms with Crippen LogP contribution in [0.4, 0.5) is 0 Å². The third-order valence-electron chi connectivity index (χ3n) is 2.17. The van der Waals surface area contributed by atoms with E-state index in [1.807, 2.05) is 29.6 Å². The Morgan fingerprint density at radius 2 is 1.88 bits per heavy atom. The topological polar surface area (TPSA) is 33.1 Å². The van der Waals surface area contributed by atoms with E-state index in [2.05, 4.69) is 20.9 Å². The number of halogens is 1. The molecule has 84 valence electrons. The molecule has 1 heterocycles. The van der Waals surface area contributed by atoms with Gasteiger partial charge in [-0.15, -0.1) is 11.3 Å². The minimum Gasteiger partial charge on any atom is -0.383 e. The van der Waals surface area contributed by atoms with Gasteiger partial charge >= 0.3 is 0 Å². The van der Waals surface area contributed by atoms with E-state index in [-0.39, 0.29) is 0 Å². The molecular weight excluding hydrogens is 286 g/mol. The summed E-state index contributed by atoms with van der Waals surface area (Å²) in [5, 5.41) is 12.5. The van der Waals surface area contributed by atoms with Crippen molar-refractivity contribution >= 4 is 27.3 Å². The molecule has 0 atom stereocenters. The molecule has 2 nitrogen and oxygen atoms in total. The molecule has 0 aliphatic carbocycles. The van der Waals surface area contributed by atoms with Crippen LogP contribution in [0.5, 0.6) is 0 Å². The lowest BCUT2D eigenvalue weighted by molar-refractivity contribution is 0.0783. The van der Waals surface area contributed by atoms with Crippen molar-refractivity contribution in [2.45, 2.75) is 19.4 Å². The van der Waals surface area contributed by atoms with Gasteiger partial charge in [-0.1, -0.05) is 28.1 Å². The Labute approximate surface area is 107 Å². The molecule has 2 aromatic rings. The summed E-state index contributed by atoms with van der Waals surface area (Å²) in [7, 11) is 0. The second kappa shape index (κ2) is 4.28. The summed E-state index contributed by atoms with van der Waals surface area (Å²) < 4.78 is 1.05. The van der Waals surface area contributed by atoms with Gasteiger partial charge in [-0.05, 0) is 26.0 Å². The zero-order valence-electron chi connectivity index (χ0n) is 9.07. The first kappa shape index (κ1) is 11.8. The molecule has 0 aliphatic heterocycles. The average molecular weight is 298 g/mol. The third kappa shape index (κ3) is 2.51. The zero-order valence-corrected chi connectivity index (χ0v) is 11.5. The van der Waals surface area contributed by atoms with Crippen molar-refractivity contribution in [1.29, 1.82) is 0 Å². The van der Waals surface area contributed by atoms with Crippen LogP contribution < -0.4 is 0 Å². The first-order chi connectivity index (χ1) is 7.47. The summed E-state index contributed by atoms with van der Waals surface area (Å²) in [6, 6.07) is 7.98. The number of nitrogens with zero attached hydrogens (tertiary/aromatic N) is 1. The van der Waals surface area contributed by atoms with Crippen LogP contribution >= 0.6 is 27.3 Å². The fraction of sp³-hybridized carbons (Fsp3) is 0.250. The molecule has 0 radical (unpaired) electrons. The highest BCUT2D eigenvalue weighted by Crippen LogP contribution is 2.28. The molecule has 0 aliphatic rings. The molecule has 1 aromatic heterocycles. The quantitative estimate of drug-likeness (QED) is 0.914. The third-order valence-corrected chi connectivity index (χ3v) is 3.85. The van der Waals surface area contributed by atoms with E-state index >= 15 is 0 Å². The van der Waals surface area contributed by atoms with Crippen molar-refractivity contribution in [2.75, 3.05) is 0 Å². The van der Waals surface area contributed by atoms with Gasteiger partial charge in [0.2, 0.25) is 0 Å². The monoisotopic (exact) mass is 297 g/mol. The fourth-order valence-electron chi connectivity index (χ4n) is 1.31. The predicted molar refractivity (Wildman–Crippen MR) is 70.5 cm³/mol. The lowest BCUT2D eigenvalue weighted by Crippen LogP contribution is -2.14. The Kier molecular flexibility index (Phi) is 3.15. The number of hydrogen-bond acceptors (Lipinski definition) is 3. The van der Waals surface area contributed by atoms with Crippen LogP contribution in [0.15, 0.2) is 34.1 Å². The number of aliphatic hydroxyl groups is 1. The van der Waals surface area contributed by atoms with Crippen molar-refractivity contribution in [3.05, 3.63) is 39.1 Å². The van der Waals surface area contributed by atoms with E-state index in [0.29, 0.717) is 0 Å². The largest absolute Gasteiger partial charge is 0.383 e. The normalized spacial score (nSPS) is 11.8. The number of benzene rings is 1. The summed E-state index contributed by atoms with van der Waals surface area (Å²) in [5.74, 6) is 0. The van der Waals surface area contributed by atoms with Gasteiger partial charge < -0.3 is 5.11 Å². The first-order valence-corrected chi connectivity index (χ1v) is 6.58. The van der Waals surface area contributed by atoms with Crippen molar-refractivity contribution in [3.63, 3.8) is 0 Å². The Bertz CT molecular complexity index is 484. The van der Waals surface area contributed by atoms with Gasteiger partial charge in [0.1, 0.15) is 10.6 Å². The van der Waals surface area contributed by atoms with Crippen LogP contribution in [0.2, 0.25) is 0 Å². The minimum atomic E-state index is -0.863. The van der Waals surface area contributed by atoms with Crippen LogP contribution in [0.1, 0.15) is 18.9 Å². The van der Waals surface area contributed by atoms with Crippen LogP contribution in [0.25, 0.3) is 11.3 Å². The molecule has 0 saturated heterocycles. The first-order valence-electron chi connectivity index (χ1n) is 4.91. The van der Waals surface area contributed by atoms with Gasteiger partial charge in [-0.25, -0.2) is 4.98 Å². The maximum atomic E-state index is 9.83. The summed E-state index contributed by atoms with van der Waals surface area (Å²) in [4.78, 5) is 4.43. The zero-order chi connectivity index (χ0) is 11.8. The summed E-state index contributed by atoms with van der Waals surface area (Å²) in [6.45, 7) is 3.49. The highest BCUT2D eigenvalue weighted by atomic mass is 79.9. The molecule has 0 amide bonds. The molecule has 0 spiro atoms. The Morgan fingerprint density at radius 3 is 2.38 bits per heavy atom. The second-order valence-corrected chi connectivity index (χ2v) is 5.88. The summed E-state index contributed by atoms with van der Waals surface area (Å²) in [5.41, 5.74) is 1.11. The van der Waals surface area contributed by atoms with Crippen molar-refractivity contribution in [3.8, 4) is 11.3 Å². The maximum absolute atomic E-state index is 9.83. The molecular formula is C12H12BrNOS. The van der Waals surface area contributed by atoms with E-state index in [1.54, 1.807) is 13.8 Å². The Balaban J connectivity index is 2.35. The van der Waals surface area contributed by atoms with Crippen LogP contribution in [-0.4, -0.2) is 10.1 Å². The van der Waals surface area contributed by atoms with Crippen LogP contribution in [0.3, 0.4) is 0 Å². The second-order valence-electron chi connectivity index (χ2n) is 4.10. The molecule has 1 aromatic carbocycles. The minimum absolute atomic E-state index is 0.741. The predicted octanol–water partition coefficient (Wildman–Crippen LogP) is 3.80. The Hall–Kier alpha value is -0.710. The lowest BCUT2D eigenvalue weighted by Gasteiger charge is -2.12. The molecule has 0 fully saturated rings. The van der Waals surface area contributed by atoms with Crippen molar-refractivity contribution < 1.29 is 5.11 Å². The standard InChI is InChI=1S/C12H12BrNOS/c1-12(2,15)11-14-10(7-16-11)8-3-5-9(13)6-4-8/h3-7,15H,1-2H3. The molecule has 0 bridgehead atoms. The molecule has 2 rings (SSSR count). The van der Waals surface area contributed by atoms with Crippen molar-refractivity contribution in [2.24, 2.45) is 0 Å². The van der Waals surface area contributed by atoms with Crippen LogP contribution in [-0.2, 0) is 5.60 Å². The number of aromatic nitrogens is 1. The van der Waals surface area contributed by atoms with Gasteiger partial charge in [0, 0.05) is 15.4 Å².